The number of ether oxygens (including phenoxy) is 2. The van der Waals surface area contributed by atoms with Crippen molar-refractivity contribution >= 4 is 34.4 Å². The van der Waals surface area contributed by atoms with E-state index in [9.17, 15) is 19.6 Å². The van der Waals surface area contributed by atoms with Crippen molar-refractivity contribution in [1.29, 1.82) is 5.26 Å². The van der Waals surface area contributed by atoms with Crippen molar-refractivity contribution in [3.05, 3.63) is 59.8 Å². The summed E-state index contributed by atoms with van der Waals surface area (Å²) in [4.78, 5) is 49.3. The molecule has 10 nitrogen and oxygen atoms in total. The monoisotopic (exact) mass is 497 g/mol. The molecule has 2 bridgehead atoms. The van der Waals surface area contributed by atoms with Gasteiger partial charge in [-0.3, -0.25) is 14.6 Å². The third-order valence-corrected chi connectivity index (χ3v) is 7.50. The van der Waals surface area contributed by atoms with E-state index in [2.05, 4.69) is 11.1 Å². The van der Waals surface area contributed by atoms with Gasteiger partial charge in [-0.1, -0.05) is 6.07 Å². The van der Waals surface area contributed by atoms with Crippen LogP contribution >= 0.6 is 0 Å². The fourth-order valence-corrected chi connectivity index (χ4v) is 5.88. The lowest BCUT2D eigenvalue weighted by molar-refractivity contribution is -0.135. The minimum atomic E-state index is -0.733. The predicted molar refractivity (Wildman–Crippen MR) is 132 cm³/mol. The van der Waals surface area contributed by atoms with Gasteiger partial charge in [0.2, 0.25) is 5.91 Å². The van der Waals surface area contributed by atoms with E-state index in [1.54, 1.807) is 66.6 Å². The average molecular weight is 498 g/mol. The number of carbonyl (C=O) groups is 3. The molecule has 186 valence electrons. The number of pyridine rings is 1. The van der Waals surface area contributed by atoms with Crippen LogP contribution in [0.25, 0.3) is 10.9 Å². The van der Waals surface area contributed by atoms with E-state index in [1.165, 1.54) is 4.90 Å². The first-order valence-corrected chi connectivity index (χ1v) is 11.9. The van der Waals surface area contributed by atoms with Crippen LogP contribution in [-0.4, -0.2) is 71.5 Å². The number of fused-ring (bicyclic) bond motifs is 6. The summed E-state index contributed by atoms with van der Waals surface area (Å²) in [6, 6.07) is 12.3. The number of urea groups is 1. The molecule has 0 radical (unpaired) electrons. The number of hydrogen-bond acceptors (Lipinski definition) is 7. The standard InChI is InChI=1S/C27H23N5O5/c1-36-21-8-5-15(10-22(21)37-2)11-23(33)30-14-17-12-20(30)25-26(34)32(27(35)31(17)25)19-7-6-16(13-28)24-18(19)4-3-9-29-24/h3-10,17,20,25H,11-12,14H2,1-2H3/t17-,20?,25+/m1/s1. The Balaban J connectivity index is 1.27. The lowest BCUT2D eigenvalue weighted by Gasteiger charge is -2.35. The van der Waals surface area contributed by atoms with Crippen molar-refractivity contribution in [1.82, 2.24) is 14.8 Å². The van der Waals surface area contributed by atoms with Gasteiger partial charge in [0, 0.05) is 18.1 Å². The van der Waals surface area contributed by atoms with E-state index in [4.69, 9.17) is 9.47 Å². The Morgan fingerprint density at radius 1 is 1.14 bits per heavy atom. The number of methoxy groups -OCH3 is 2. The zero-order valence-electron chi connectivity index (χ0n) is 20.2. The third kappa shape index (κ3) is 3.31. The number of aromatic nitrogens is 1. The first-order chi connectivity index (χ1) is 18.0. The van der Waals surface area contributed by atoms with Gasteiger partial charge in [0.15, 0.2) is 11.5 Å². The summed E-state index contributed by atoms with van der Waals surface area (Å²) in [5, 5.41) is 10.0. The summed E-state index contributed by atoms with van der Waals surface area (Å²) >= 11 is 0. The van der Waals surface area contributed by atoms with Gasteiger partial charge in [-0.25, -0.2) is 9.69 Å². The van der Waals surface area contributed by atoms with Gasteiger partial charge in [0.05, 0.1) is 49.5 Å². The van der Waals surface area contributed by atoms with E-state index in [0.29, 0.717) is 46.6 Å². The normalized spacial score (nSPS) is 22.0. The fourth-order valence-electron chi connectivity index (χ4n) is 5.88. The maximum Gasteiger partial charge on any atom is 0.332 e. The Bertz CT molecular complexity index is 1510. The molecule has 1 aromatic heterocycles. The summed E-state index contributed by atoms with van der Waals surface area (Å²) in [6.07, 6.45) is 2.29. The van der Waals surface area contributed by atoms with Crippen LogP contribution in [0.5, 0.6) is 11.5 Å². The molecule has 0 N–H and O–H groups in total. The molecule has 3 fully saturated rings. The quantitative estimate of drug-likeness (QED) is 0.497. The molecular weight excluding hydrogens is 474 g/mol. The molecular formula is C27H23N5O5. The van der Waals surface area contributed by atoms with Crippen LogP contribution in [0.1, 0.15) is 17.5 Å². The number of amides is 4. The molecule has 6 rings (SSSR count). The smallest absolute Gasteiger partial charge is 0.332 e. The molecule has 0 saturated carbocycles. The molecule has 1 unspecified atom stereocenters. The first kappa shape index (κ1) is 22.8. The minimum absolute atomic E-state index is 0.105. The molecule has 3 atom stereocenters. The maximum atomic E-state index is 13.7. The zero-order chi connectivity index (χ0) is 25.8. The summed E-state index contributed by atoms with van der Waals surface area (Å²) in [7, 11) is 3.09. The van der Waals surface area contributed by atoms with E-state index < -0.39 is 12.1 Å². The second kappa shape index (κ2) is 8.48. The zero-order valence-corrected chi connectivity index (χ0v) is 20.2. The Morgan fingerprint density at radius 3 is 2.70 bits per heavy atom. The van der Waals surface area contributed by atoms with Crippen LogP contribution in [0.4, 0.5) is 10.5 Å². The minimum Gasteiger partial charge on any atom is -0.493 e. The van der Waals surface area contributed by atoms with Crippen LogP contribution in [0.2, 0.25) is 0 Å². The molecule has 3 aliphatic rings. The van der Waals surface area contributed by atoms with Gasteiger partial charge >= 0.3 is 6.03 Å². The van der Waals surface area contributed by atoms with E-state index in [1.807, 2.05) is 6.07 Å². The van der Waals surface area contributed by atoms with Crippen molar-refractivity contribution in [3.63, 3.8) is 0 Å². The van der Waals surface area contributed by atoms with Crippen molar-refractivity contribution in [2.24, 2.45) is 0 Å². The van der Waals surface area contributed by atoms with E-state index >= 15 is 0 Å². The number of piperazine rings is 1. The lowest BCUT2D eigenvalue weighted by atomic mass is 10.1. The number of benzene rings is 2. The second-order valence-electron chi connectivity index (χ2n) is 9.32. The van der Waals surface area contributed by atoms with Crippen LogP contribution in [0.15, 0.2) is 48.7 Å². The molecule has 4 amide bonds. The highest BCUT2D eigenvalue weighted by Gasteiger charge is 2.62. The SMILES string of the molecule is COc1ccc(CC(=O)N2C[C@H]3CC2[C@H]2C(=O)N(c4ccc(C#N)c5ncccc45)C(=O)N32)cc1OC. The van der Waals surface area contributed by atoms with Crippen molar-refractivity contribution in [3.8, 4) is 17.6 Å². The molecule has 0 spiro atoms. The molecule has 3 aromatic rings. The van der Waals surface area contributed by atoms with Gasteiger partial charge in [0.1, 0.15) is 12.1 Å². The number of anilines is 1. The van der Waals surface area contributed by atoms with Crippen LogP contribution in [0, 0.1) is 11.3 Å². The Morgan fingerprint density at radius 2 is 1.95 bits per heavy atom. The fraction of sp³-hybridized carbons (Fsp3) is 0.296. The number of likely N-dealkylation sites (tertiary alicyclic amines) is 1. The summed E-state index contributed by atoms with van der Waals surface area (Å²) < 4.78 is 10.6. The summed E-state index contributed by atoms with van der Waals surface area (Å²) in [6.45, 7) is 0.385. The molecule has 3 aliphatic heterocycles. The van der Waals surface area contributed by atoms with Gasteiger partial charge in [0.25, 0.3) is 5.91 Å². The second-order valence-corrected chi connectivity index (χ2v) is 9.32. The number of nitrogens with zero attached hydrogens (tertiary/aromatic N) is 5. The Kier molecular flexibility index (Phi) is 5.22. The Labute approximate surface area is 212 Å². The number of rotatable bonds is 5. The predicted octanol–water partition coefficient (Wildman–Crippen LogP) is 2.49. The van der Waals surface area contributed by atoms with Gasteiger partial charge in [-0.05, 0) is 48.4 Å². The molecule has 37 heavy (non-hydrogen) atoms. The van der Waals surface area contributed by atoms with E-state index in [-0.39, 0.29) is 30.3 Å². The van der Waals surface area contributed by atoms with Gasteiger partial charge in [-0.2, -0.15) is 5.26 Å². The highest BCUT2D eigenvalue weighted by atomic mass is 16.5. The van der Waals surface area contributed by atoms with Crippen LogP contribution < -0.4 is 14.4 Å². The van der Waals surface area contributed by atoms with Crippen molar-refractivity contribution < 1.29 is 23.9 Å². The molecule has 10 heteroatoms. The highest BCUT2D eigenvalue weighted by Crippen LogP contribution is 2.44. The van der Waals surface area contributed by atoms with Crippen molar-refractivity contribution in [2.45, 2.75) is 31.0 Å². The van der Waals surface area contributed by atoms with Crippen LogP contribution in [-0.2, 0) is 16.0 Å². The van der Waals surface area contributed by atoms with Crippen LogP contribution in [0.3, 0.4) is 0 Å². The largest absolute Gasteiger partial charge is 0.493 e. The van der Waals surface area contributed by atoms with Gasteiger partial charge in [-0.15, -0.1) is 0 Å². The summed E-state index contributed by atoms with van der Waals surface area (Å²) in [5.74, 6) is 0.649. The Hall–Kier alpha value is -4.65. The first-order valence-electron chi connectivity index (χ1n) is 11.9. The maximum absolute atomic E-state index is 13.7. The average Bonchev–Trinajstić information content (AvgIpc) is 3.59. The summed E-state index contributed by atoms with van der Waals surface area (Å²) in [5.41, 5.74) is 1.97. The lowest BCUT2D eigenvalue weighted by Crippen LogP contribution is -2.55. The number of imide groups is 1. The molecule has 0 aliphatic carbocycles. The molecule has 4 heterocycles. The van der Waals surface area contributed by atoms with Gasteiger partial charge < -0.3 is 19.3 Å². The third-order valence-electron chi connectivity index (χ3n) is 7.50. The topological polar surface area (TPSA) is 116 Å². The van der Waals surface area contributed by atoms with Crippen molar-refractivity contribution in [2.75, 3.05) is 25.7 Å². The number of nitriles is 1. The highest BCUT2D eigenvalue weighted by molar-refractivity contribution is 6.25. The molecule has 2 aromatic carbocycles. The van der Waals surface area contributed by atoms with E-state index in [0.717, 1.165) is 5.56 Å². The molecule has 3 saturated heterocycles. The number of carbonyl (C=O) groups excluding carboxylic acids is 3. The number of hydrogen-bond donors (Lipinski definition) is 0.